The minimum absolute atomic E-state index is 0.827. The van der Waals surface area contributed by atoms with Crippen molar-refractivity contribution in [3.8, 4) is 5.75 Å². The summed E-state index contributed by atoms with van der Waals surface area (Å²) in [6.45, 7) is 2.06. The summed E-state index contributed by atoms with van der Waals surface area (Å²) in [7, 11) is 1.66. The second-order valence-electron chi connectivity index (χ2n) is 2.57. The number of methoxy groups -OCH3 is 1. The first kappa shape index (κ1) is 7.55. The molecule has 1 aromatic heterocycles. The second kappa shape index (κ2) is 2.75. The van der Waals surface area contributed by atoms with E-state index >= 15 is 0 Å². The van der Waals surface area contributed by atoms with Gasteiger partial charge in [0.15, 0.2) is 5.51 Å². The van der Waals surface area contributed by atoms with Crippen molar-refractivity contribution in [3.05, 3.63) is 23.2 Å². The Bertz CT molecular complexity index is 408. The number of thiazole rings is 1. The molecule has 2 rings (SSSR count). The van der Waals surface area contributed by atoms with E-state index < -0.39 is 0 Å². The van der Waals surface area contributed by atoms with Crippen LogP contribution >= 0.6 is 11.3 Å². The van der Waals surface area contributed by atoms with Gasteiger partial charge < -0.3 is 4.74 Å². The van der Waals surface area contributed by atoms with Gasteiger partial charge in [0.05, 0.1) is 11.8 Å². The summed E-state index contributed by atoms with van der Waals surface area (Å²) < 4.78 is 6.33. The molecule has 61 valence electrons. The molecular weight excluding hydrogens is 170 g/mol. The Hall–Kier alpha value is -1.09. The van der Waals surface area contributed by atoms with Gasteiger partial charge in [-0.05, 0) is 18.6 Å². The smallest absolute Gasteiger partial charge is 0.153 e. The molecule has 0 bridgehead atoms. The van der Waals surface area contributed by atoms with Crippen LogP contribution < -0.4 is 4.74 Å². The molecule has 2 aromatic rings. The Labute approximate surface area is 74.8 Å². The zero-order chi connectivity index (χ0) is 8.55. The van der Waals surface area contributed by atoms with E-state index in [4.69, 9.17) is 4.74 Å². The quantitative estimate of drug-likeness (QED) is 0.669. The van der Waals surface area contributed by atoms with Gasteiger partial charge in [-0.2, -0.15) is 0 Å². The van der Waals surface area contributed by atoms with Gasteiger partial charge in [-0.15, -0.1) is 11.3 Å². The molecular formula is C9H8NOS. The zero-order valence-electron chi connectivity index (χ0n) is 6.92. The van der Waals surface area contributed by atoms with Crippen LogP contribution in [0, 0.1) is 12.4 Å². The lowest BCUT2D eigenvalue weighted by molar-refractivity contribution is 0.419. The molecule has 0 saturated carbocycles. The predicted molar refractivity (Wildman–Crippen MR) is 49.7 cm³/mol. The highest BCUT2D eigenvalue weighted by Crippen LogP contribution is 2.29. The van der Waals surface area contributed by atoms with Crippen LogP contribution in [0.15, 0.2) is 12.1 Å². The monoisotopic (exact) mass is 178 g/mol. The molecule has 0 aliphatic rings. The molecule has 1 radical (unpaired) electrons. The SMILES string of the molecule is COc1ccc(C)c2s[c]nc12. The molecule has 1 heterocycles. The van der Waals surface area contributed by atoms with Crippen molar-refractivity contribution in [2.24, 2.45) is 0 Å². The van der Waals surface area contributed by atoms with E-state index in [2.05, 4.69) is 17.4 Å². The van der Waals surface area contributed by atoms with Gasteiger partial charge in [-0.25, -0.2) is 4.98 Å². The number of nitrogens with zero attached hydrogens (tertiary/aromatic N) is 1. The fourth-order valence-corrected chi connectivity index (χ4v) is 1.87. The van der Waals surface area contributed by atoms with Crippen molar-refractivity contribution in [2.75, 3.05) is 7.11 Å². The molecule has 0 saturated heterocycles. The molecule has 12 heavy (non-hydrogen) atoms. The standard InChI is InChI=1S/C9H8NOS/c1-6-3-4-7(11-2)8-9(6)12-5-10-8/h3-4H,1-2H3. The molecule has 0 aliphatic carbocycles. The van der Waals surface area contributed by atoms with E-state index in [9.17, 15) is 0 Å². The lowest BCUT2D eigenvalue weighted by atomic mass is 10.2. The van der Waals surface area contributed by atoms with Gasteiger partial charge in [0.2, 0.25) is 0 Å². The highest BCUT2D eigenvalue weighted by atomic mass is 32.1. The number of aromatic nitrogens is 1. The molecule has 0 spiro atoms. The summed E-state index contributed by atoms with van der Waals surface area (Å²) in [5.74, 6) is 0.827. The van der Waals surface area contributed by atoms with E-state index in [0.29, 0.717) is 0 Å². The summed E-state index contributed by atoms with van der Waals surface area (Å²) in [5.41, 5.74) is 5.01. The summed E-state index contributed by atoms with van der Waals surface area (Å²) in [6, 6.07) is 3.97. The Balaban J connectivity index is 2.82. The van der Waals surface area contributed by atoms with Crippen molar-refractivity contribution >= 4 is 21.6 Å². The lowest BCUT2D eigenvalue weighted by Gasteiger charge is -2.01. The van der Waals surface area contributed by atoms with Gasteiger partial charge in [-0.3, -0.25) is 0 Å². The van der Waals surface area contributed by atoms with Crippen LogP contribution in [-0.2, 0) is 0 Å². The van der Waals surface area contributed by atoms with Crippen molar-refractivity contribution in [2.45, 2.75) is 6.92 Å². The van der Waals surface area contributed by atoms with Gasteiger partial charge >= 0.3 is 0 Å². The number of fused-ring (bicyclic) bond motifs is 1. The second-order valence-corrected chi connectivity index (χ2v) is 3.36. The third kappa shape index (κ3) is 0.975. The average Bonchev–Trinajstić information content (AvgIpc) is 2.54. The van der Waals surface area contributed by atoms with Crippen LogP contribution in [0.25, 0.3) is 10.2 Å². The number of benzene rings is 1. The maximum atomic E-state index is 5.16. The Morgan fingerprint density at radius 3 is 3.08 bits per heavy atom. The molecule has 3 heteroatoms. The molecule has 0 amide bonds. The third-order valence-corrected chi connectivity index (χ3v) is 2.72. The molecule has 0 fully saturated rings. The number of hydrogen-bond donors (Lipinski definition) is 0. The van der Waals surface area contributed by atoms with Crippen LogP contribution in [0.4, 0.5) is 0 Å². The Kier molecular flexibility index (Phi) is 1.73. The highest BCUT2D eigenvalue weighted by Gasteiger charge is 2.05. The largest absolute Gasteiger partial charge is 0.494 e. The fraction of sp³-hybridized carbons (Fsp3) is 0.222. The van der Waals surface area contributed by atoms with Crippen molar-refractivity contribution in [3.63, 3.8) is 0 Å². The van der Waals surface area contributed by atoms with Crippen LogP contribution in [0.3, 0.4) is 0 Å². The summed E-state index contributed by atoms with van der Waals surface area (Å²) in [6.07, 6.45) is 0. The van der Waals surface area contributed by atoms with Crippen LogP contribution in [0.2, 0.25) is 0 Å². The maximum Gasteiger partial charge on any atom is 0.153 e. The van der Waals surface area contributed by atoms with E-state index in [0.717, 1.165) is 16.0 Å². The lowest BCUT2D eigenvalue weighted by Crippen LogP contribution is -1.84. The summed E-state index contributed by atoms with van der Waals surface area (Å²) >= 11 is 1.53. The van der Waals surface area contributed by atoms with Crippen molar-refractivity contribution in [1.82, 2.24) is 4.98 Å². The Morgan fingerprint density at radius 1 is 1.50 bits per heavy atom. The van der Waals surface area contributed by atoms with Crippen molar-refractivity contribution in [1.29, 1.82) is 0 Å². The highest BCUT2D eigenvalue weighted by molar-refractivity contribution is 7.16. The van der Waals surface area contributed by atoms with E-state index in [1.807, 2.05) is 12.1 Å². The van der Waals surface area contributed by atoms with Gasteiger partial charge in [0, 0.05) is 0 Å². The number of rotatable bonds is 1. The molecule has 0 unspecified atom stereocenters. The number of ether oxygens (including phenoxy) is 1. The molecule has 0 aliphatic heterocycles. The minimum atomic E-state index is 0.827. The molecule has 2 nitrogen and oxygen atoms in total. The van der Waals surface area contributed by atoms with Gasteiger partial charge in [-0.1, -0.05) is 6.07 Å². The molecule has 1 aromatic carbocycles. The van der Waals surface area contributed by atoms with Crippen LogP contribution in [0.5, 0.6) is 5.75 Å². The average molecular weight is 178 g/mol. The number of hydrogen-bond acceptors (Lipinski definition) is 3. The van der Waals surface area contributed by atoms with E-state index in [-0.39, 0.29) is 0 Å². The summed E-state index contributed by atoms with van der Waals surface area (Å²) in [4.78, 5) is 4.12. The fourth-order valence-electron chi connectivity index (χ4n) is 1.17. The Morgan fingerprint density at radius 2 is 2.33 bits per heavy atom. The van der Waals surface area contributed by atoms with Gasteiger partial charge in [0.25, 0.3) is 0 Å². The first-order valence-corrected chi connectivity index (χ1v) is 4.45. The van der Waals surface area contributed by atoms with Crippen LogP contribution in [0.1, 0.15) is 5.56 Å². The maximum absolute atomic E-state index is 5.16. The summed E-state index contributed by atoms with van der Waals surface area (Å²) in [5, 5.41) is 0. The predicted octanol–water partition coefficient (Wildman–Crippen LogP) is 2.41. The third-order valence-electron chi connectivity index (χ3n) is 1.82. The zero-order valence-corrected chi connectivity index (χ0v) is 7.73. The first-order chi connectivity index (χ1) is 5.83. The minimum Gasteiger partial charge on any atom is -0.494 e. The van der Waals surface area contributed by atoms with E-state index in [1.165, 1.54) is 16.9 Å². The van der Waals surface area contributed by atoms with Crippen molar-refractivity contribution < 1.29 is 4.74 Å². The number of aryl methyl sites for hydroxylation is 1. The van der Waals surface area contributed by atoms with E-state index in [1.54, 1.807) is 7.11 Å². The molecule has 0 N–H and O–H groups in total. The normalized spacial score (nSPS) is 10.5. The van der Waals surface area contributed by atoms with Crippen LogP contribution in [-0.4, -0.2) is 12.1 Å². The molecule has 0 atom stereocenters. The first-order valence-electron chi connectivity index (χ1n) is 3.63. The van der Waals surface area contributed by atoms with Gasteiger partial charge in [0.1, 0.15) is 11.3 Å². The topological polar surface area (TPSA) is 22.1 Å².